The molecule has 0 atom stereocenters. The standard InChI is InChI=1S/C18H15N3O2S2/c1-10-15(11-5-3-4-6-12(11)19-10)14(22)9-25-18-20-13-7-8-24-16(13)17(23)21(18)2/h3-8,19H,9H2,1-2H3. The van der Waals surface area contributed by atoms with Crippen LogP contribution in [0.15, 0.2) is 45.7 Å². The Morgan fingerprint density at radius 2 is 2.12 bits per heavy atom. The first-order valence-corrected chi connectivity index (χ1v) is 9.60. The summed E-state index contributed by atoms with van der Waals surface area (Å²) >= 11 is 2.68. The zero-order valence-corrected chi connectivity index (χ0v) is 15.3. The molecular weight excluding hydrogens is 354 g/mol. The maximum atomic E-state index is 12.8. The van der Waals surface area contributed by atoms with E-state index in [1.54, 1.807) is 7.05 Å². The molecule has 0 spiro atoms. The predicted octanol–water partition coefficient (Wildman–Crippen LogP) is 3.76. The van der Waals surface area contributed by atoms with Gasteiger partial charge in [-0.2, -0.15) is 0 Å². The molecule has 0 aliphatic carbocycles. The fourth-order valence-electron chi connectivity index (χ4n) is 2.94. The molecule has 0 radical (unpaired) electrons. The van der Waals surface area contributed by atoms with E-state index in [1.807, 2.05) is 42.6 Å². The molecule has 4 rings (SSSR count). The van der Waals surface area contributed by atoms with Gasteiger partial charge in [0.25, 0.3) is 5.56 Å². The Balaban J connectivity index is 1.65. The molecule has 7 heteroatoms. The lowest BCUT2D eigenvalue weighted by atomic mass is 10.1. The fraction of sp³-hybridized carbons (Fsp3) is 0.167. The van der Waals surface area contributed by atoms with Gasteiger partial charge in [-0.25, -0.2) is 4.98 Å². The van der Waals surface area contributed by atoms with Crippen LogP contribution in [0.5, 0.6) is 0 Å². The number of nitrogens with one attached hydrogen (secondary N) is 1. The smallest absolute Gasteiger partial charge is 0.271 e. The first-order chi connectivity index (χ1) is 12.1. The number of para-hydroxylation sites is 1. The topological polar surface area (TPSA) is 67.8 Å². The van der Waals surface area contributed by atoms with E-state index in [0.29, 0.717) is 20.9 Å². The summed E-state index contributed by atoms with van der Waals surface area (Å²) in [4.78, 5) is 32.9. The van der Waals surface area contributed by atoms with E-state index < -0.39 is 0 Å². The third kappa shape index (κ3) is 2.69. The lowest BCUT2D eigenvalue weighted by Gasteiger charge is -2.07. The highest BCUT2D eigenvalue weighted by Crippen LogP contribution is 2.25. The average Bonchev–Trinajstić information content (AvgIpc) is 3.19. The molecule has 0 saturated heterocycles. The lowest BCUT2D eigenvalue weighted by Crippen LogP contribution is -2.19. The van der Waals surface area contributed by atoms with Crippen molar-refractivity contribution in [3.8, 4) is 0 Å². The Morgan fingerprint density at radius 1 is 1.32 bits per heavy atom. The number of aryl methyl sites for hydroxylation is 1. The predicted molar refractivity (Wildman–Crippen MR) is 103 cm³/mol. The van der Waals surface area contributed by atoms with Crippen LogP contribution in [-0.2, 0) is 7.05 Å². The van der Waals surface area contributed by atoms with E-state index in [1.165, 1.54) is 27.7 Å². The number of thioether (sulfide) groups is 1. The van der Waals surface area contributed by atoms with Gasteiger partial charge in [0.2, 0.25) is 0 Å². The number of aromatic nitrogens is 3. The van der Waals surface area contributed by atoms with Gasteiger partial charge in [0, 0.05) is 29.2 Å². The number of benzene rings is 1. The van der Waals surface area contributed by atoms with Crippen molar-refractivity contribution in [2.24, 2.45) is 7.05 Å². The van der Waals surface area contributed by atoms with Crippen molar-refractivity contribution in [3.05, 3.63) is 57.3 Å². The lowest BCUT2D eigenvalue weighted by molar-refractivity contribution is 0.102. The van der Waals surface area contributed by atoms with Gasteiger partial charge in [0.05, 0.1) is 11.3 Å². The number of carbonyl (C=O) groups is 1. The van der Waals surface area contributed by atoms with Gasteiger partial charge in [-0.3, -0.25) is 14.2 Å². The van der Waals surface area contributed by atoms with Gasteiger partial charge in [-0.05, 0) is 24.4 Å². The third-order valence-electron chi connectivity index (χ3n) is 4.15. The van der Waals surface area contributed by atoms with Crippen molar-refractivity contribution in [1.29, 1.82) is 0 Å². The van der Waals surface area contributed by atoms with E-state index in [4.69, 9.17) is 0 Å². The van der Waals surface area contributed by atoms with Crippen LogP contribution in [-0.4, -0.2) is 26.1 Å². The second-order valence-corrected chi connectivity index (χ2v) is 7.63. The number of rotatable bonds is 4. The van der Waals surface area contributed by atoms with Gasteiger partial charge in [0.15, 0.2) is 10.9 Å². The van der Waals surface area contributed by atoms with Crippen molar-refractivity contribution in [2.75, 3.05) is 5.75 Å². The van der Waals surface area contributed by atoms with Crippen LogP contribution in [0.25, 0.3) is 21.1 Å². The third-order valence-corrected chi connectivity index (χ3v) is 6.07. The molecule has 1 aromatic carbocycles. The minimum absolute atomic E-state index is 0.0274. The van der Waals surface area contributed by atoms with Gasteiger partial charge in [0.1, 0.15) is 4.70 Å². The zero-order valence-electron chi connectivity index (χ0n) is 13.7. The quantitative estimate of drug-likeness (QED) is 0.338. The van der Waals surface area contributed by atoms with Gasteiger partial charge in [-0.15, -0.1) is 11.3 Å². The van der Waals surface area contributed by atoms with Crippen molar-refractivity contribution >= 4 is 50.0 Å². The molecule has 0 aliphatic rings. The number of ketones is 1. The summed E-state index contributed by atoms with van der Waals surface area (Å²) in [5, 5.41) is 3.34. The summed E-state index contributed by atoms with van der Waals surface area (Å²) < 4.78 is 2.16. The number of nitrogens with zero attached hydrogens (tertiary/aromatic N) is 2. The summed E-state index contributed by atoms with van der Waals surface area (Å²) in [5.41, 5.74) is 3.15. The maximum absolute atomic E-state index is 12.8. The number of hydrogen-bond acceptors (Lipinski definition) is 5. The minimum Gasteiger partial charge on any atom is -0.358 e. The Kier molecular flexibility index (Phi) is 3.97. The summed E-state index contributed by atoms with van der Waals surface area (Å²) in [6.45, 7) is 1.91. The number of Topliss-reactive ketones (excluding diaryl/α,β-unsaturated/α-hetero) is 1. The van der Waals surface area contributed by atoms with E-state index in [9.17, 15) is 9.59 Å². The molecule has 25 heavy (non-hydrogen) atoms. The van der Waals surface area contributed by atoms with Crippen molar-refractivity contribution in [2.45, 2.75) is 12.1 Å². The van der Waals surface area contributed by atoms with Crippen LogP contribution in [0, 0.1) is 6.92 Å². The van der Waals surface area contributed by atoms with Crippen LogP contribution in [0.3, 0.4) is 0 Å². The largest absolute Gasteiger partial charge is 0.358 e. The minimum atomic E-state index is -0.0711. The molecule has 0 amide bonds. The molecule has 3 heterocycles. The monoisotopic (exact) mass is 369 g/mol. The Morgan fingerprint density at radius 3 is 2.96 bits per heavy atom. The summed E-state index contributed by atoms with van der Waals surface area (Å²) in [7, 11) is 1.69. The molecular formula is C18H15N3O2S2. The zero-order chi connectivity index (χ0) is 17.6. The molecule has 0 aliphatic heterocycles. The first-order valence-electron chi connectivity index (χ1n) is 7.74. The highest BCUT2D eigenvalue weighted by atomic mass is 32.2. The number of carbonyl (C=O) groups excluding carboxylic acids is 1. The van der Waals surface area contributed by atoms with Crippen molar-refractivity contribution in [3.63, 3.8) is 0 Å². The van der Waals surface area contributed by atoms with Crippen LogP contribution in [0.4, 0.5) is 0 Å². The maximum Gasteiger partial charge on any atom is 0.271 e. The normalized spacial score (nSPS) is 11.4. The molecule has 0 unspecified atom stereocenters. The van der Waals surface area contributed by atoms with E-state index in [-0.39, 0.29) is 17.1 Å². The molecule has 5 nitrogen and oxygen atoms in total. The molecule has 0 bridgehead atoms. The number of thiophene rings is 1. The first kappa shape index (κ1) is 16.1. The average molecular weight is 369 g/mol. The molecule has 0 saturated carbocycles. The molecule has 4 aromatic rings. The summed E-state index contributed by atoms with van der Waals surface area (Å²) in [6.07, 6.45) is 0. The van der Waals surface area contributed by atoms with E-state index in [0.717, 1.165) is 16.6 Å². The van der Waals surface area contributed by atoms with Crippen LogP contribution >= 0.6 is 23.1 Å². The van der Waals surface area contributed by atoms with Crippen LogP contribution < -0.4 is 5.56 Å². The SMILES string of the molecule is Cc1[nH]c2ccccc2c1C(=O)CSc1nc2ccsc2c(=O)n1C. The van der Waals surface area contributed by atoms with Crippen LogP contribution in [0.2, 0.25) is 0 Å². The van der Waals surface area contributed by atoms with Crippen LogP contribution in [0.1, 0.15) is 16.1 Å². The molecule has 126 valence electrons. The number of fused-ring (bicyclic) bond motifs is 2. The van der Waals surface area contributed by atoms with Gasteiger partial charge in [-0.1, -0.05) is 30.0 Å². The van der Waals surface area contributed by atoms with Crippen molar-refractivity contribution < 1.29 is 4.79 Å². The molecule has 3 aromatic heterocycles. The van der Waals surface area contributed by atoms with Gasteiger partial charge < -0.3 is 4.98 Å². The Hall–Kier alpha value is -2.38. The highest BCUT2D eigenvalue weighted by molar-refractivity contribution is 7.99. The van der Waals surface area contributed by atoms with E-state index >= 15 is 0 Å². The number of hydrogen-bond donors (Lipinski definition) is 1. The number of aromatic amines is 1. The second-order valence-electron chi connectivity index (χ2n) is 5.78. The fourth-order valence-corrected chi connectivity index (χ4v) is 4.58. The Bertz CT molecular complexity index is 1170. The summed E-state index contributed by atoms with van der Waals surface area (Å²) in [5.74, 6) is 0.262. The second kappa shape index (κ2) is 6.16. The molecule has 0 fully saturated rings. The number of H-pyrrole nitrogens is 1. The summed E-state index contributed by atoms with van der Waals surface area (Å²) in [6, 6.07) is 9.60. The molecule has 1 N–H and O–H groups in total. The highest BCUT2D eigenvalue weighted by Gasteiger charge is 2.17. The Labute approximate surface area is 151 Å². The van der Waals surface area contributed by atoms with Gasteiger partial charge >= 0.3 is 0 Å². The van der Waals surface area contributed by atoms with E-state index in [2.05, 4.69) is 9.97 Å². The van der Waals surface area contributed by atoms with Crippen molar-refractivity contribution in [1.82, 2.24) is 14.5 Å².